The number of carbonyl (C=O) groups is 1. The van der Waals surface area contributed by atoms with Crippen molar-refractivity contribution in [1.82, 2.24) is 5.32 Å². The van der Waals surface area contributed by atoms with Crippen molar-refractivity contribution >= 4 is 17.5 Å². The molecule has 1 fully saturated rings. The molecule has 0 bridgehead atoms. The molecule has 4 nitrogen and oxygen atoms in total. The Morgan fingerprint density at radius 2 is 2.12 bits per heavy atom. The first-order valence-corrected chi connectivity index (χ1v) is 5.41. The molecular weight excluding hydrogens is 230 g/mol. The molecule has 1 aliphatic rings. The fourth-order valence-electron chi connectivity index (χ4n) is 1.66. The van der Waals surface area contributed by atoms with E-state index in [0.717, 1.165) is 0 Å². The molecular formula is C11H12ClNO3. The summed E-state index contributed by atoms with van der Waals surface area (Å²) in [6.07, 6.45) is 0.828. The van der Waals surface area contributed by atoms with Crippen LogP contribution in [0.1, 0.15) is 23.2 Å². The van der Waals surface area contributed by atoms with Crippen LogP contribution in [0.4, 0.5) is 0 Å². The molecule has 1 amide bonds. The number of rotatable bonds is 2. The van der Waals surface area contributed by atoms with Crippen LogP contribution < -0.4 is 5.32 Å². The number of halogens is 1. The van der Waals surface area contributed by atoms with E-state index in [2.05, 4.69) is 5.32 Å². The van der Waals surface area contributed by atoms with Gasteiger partial charge in [0.05, 0.1) is 16.7 Å². The molecule has 16 heavy (non-hydrogen) atoms. The lowest BCUT2D eigenvalue weighted by atomic mass is 9.89. The Morgan fingerprint density at radius 3 is 2.75 bits per heavy atom. The molecule has 0 atom stereocenters. The zero-order valence-electron chi connectivity index (χ0n) is 8.48. The van der Waals surface area contributed by atoms with Gasteiger partial charge in [0.15, 0.2) is 0 Å². The van der Waals surface area contributed by atoms with Crippen LogP contribution in [-0.2, 0) is 0 Å². The van der Waals surface area contributed by atoms with Gasteiger partial charge in [0, 0.05) is 6.04 Å². The number of hydrogen-bond acceptors (Lipinski definition) is 3. The summed E-state index contributed by atoms with van der Waals surface area (Å²) in [5.74, 6) is -0.319. The van der Waals surface area contributed by atoms with Crippen molar-refractivity contribution in [3.8, 4) is 5.75 Å². The Kier molecular flexibility index (Phi) is 3.03. The first-order valence-electron chi connectivity index (χ1n) is 5.03. The maximum atomic E-state index is 11.7. The summed E-state index contributed by atoms with van der Waals surface area (Å²) < 4.78 is 0. The Bertz CT molecular complexity index is 416. The van der Waals surface area contributed by atoms with Crippen molar-refractivity contribution in [2.24, 2.45) is 0 Å². The maximum Gasteiger partial charge on any atom is 0.253 e. The molecule has 0 unspecified atom stereocenters. The van der Waals surface area contributed by atoms with Crippen molar-refractivity contribution in [2.75, 3.05) is 0 Å². The standard InChI is InChI=1S/C11H12ClNO3/c12-10-2-1-7(14)5-9(10)11(16)13-6-3-8(15)4-6/h1-2,5-6,8,14-15H,3-4H2,(H,13,16). The topological polar surface area (TPSA) is 69.6 Å². The number of phenols is 1. The predicted molar refractivity (Wildman–Crippen MR) is 59.6 cm³/mol. The maximum absolute atomic E-state index is 11.7. The highest BCUT2D eigenvalue weighted by molar-refractivity contribution is 6.33. The third kappa shape index (κ3) is 2.28. The van der Waals surface area contributed by atoms with E-state index in [1.807, 2.05) is 0 Å². The summed E-state index contributed by atoms with van der Waals surface area (Å²) in [5, 5.41) is 21.4. The Morgan fingerprint density at radius 1 is 1.44 bits per heavy atom. The zero-order chi connectivity index (χ0) is 11.7. The normalized spacial score (nSPS) is 23.6. The fraction of sp³-hybridized carbons (Fsp3) is 0.364. The minimum atomic E-state index is -0.321. The van der Waals surface area contributed by atoms with Gasteiger partial charge >= 0.3 is 0 Å². The number of aromatic hydroxyl groups is 1. The first-order chi connectivity index (χ1) is 7.56. The fourth-order valence-corrected chi connectivity index (χ4v) is 1.86. The first kappa shape index (κ1) is 11.2. The predicted octanol–water partition coefficient (Wildman–Crippen LogP) is 1.30. The monoisotopic (exact) mass is 241 g/mol. The van der Waals surface area contributed by atoms with Crippen molar-refractivity contribution in [3.05, 3.63) is 28.8 Å². The highest BCUT2D eigenvalue weighted by Crippen LogP contribution is 2.23. The number of nitrogens with one attached hydrogen (secondary N) is 1. The van der Waals surface area contributed by atoms with E-state index in [0.29, 0.717) is 17.9 Å². The molecule has 0 aromatic heterocycles. The Hall–Kier alpha value is -1.26. The van der Waals surface area contributed by atoms with Crippen molar-refractivity contribution < 1.29 is 15.0 Å². The molecule has 3 N–H and O–H groups in total. The molecule has 0 spiro atoms. The van der Waals surface area contributed by atoms with E-state index in [-0.39, 0.29) is 29.4 Å². The second-order valence-corrected chi connectivity index (χ2v) is 4.37. The summed E-state index contributed by atoms with van der Waals surface area (Å²) in [6.45, 7) is 0. The van der Waals surface area contributed by atoms with Gasteiger partial charge in [-0.25, -0.2) is 0 Å². The molecule has 0 radical (unpaired) electrons. The van der Waals surface area contributed by atoms with E-state index in [1.165, 1.54) is 18.2 Å². The molecule has 2 rings (SSSR count). The lowest BCUT2D eigenvalue weighted by Crippen LogP contribution is -2.46. The van der Waals surface area contributed by atoms with Crippen LogP contribution in [0.5, 0.6) is 5.75 Å². The largest absolute Gasteiger partial charge is 0.508 e. The van der Waals surface area contributed by atoms with Crippen LogP contribution in [0.3, 0.4) is 0 Å². The molecule has 1 aromatic carbocycles. The molecule has 1 aromatic rings. The molecule has 1 saturated carbocycles. The van der Waals surface area contributed by atoms with E-state index in [4.69, 9.17) is 16.7 Å². The number of carbonyl (C=O) groups excluding carboxylic acids is 1. The number of aliphatic hydroxyl groups excluding tert-OH is 1. The third-order valence-electron chi connectivity index (χ3n) is 2.64. The SMILES string of the molecule is O=C(NC1CC(O)C1)c1cc(O)ccc1Cl. The highest BCUT2D eigenvalue weighted by atomic mass is 35.5. The van der Waals surface area contributed by atoms with Gasteiger partial charge in [0.25, 0.3) is 5.91 Å². The van der Waals surface area contributed by atoms with Gasteiger partial charge in [-0.1, -0.05) is 11.6 Å². The van der Waals surface area contributed by atoms with Gasteiger partial charge in [-0.05, 0) is 31.0 Å². The lowest BCUT2D eigenvalue weighted by molar-refractivity contribution is 0.0562. The van der Waals surface area contributed by atoms with Crippen molar-refractivity contribution in [2.45, 2.75) is 25.0 Å². The Balaban J connectivity index is 2.05. The number of amides is 1. The second kappa shape index (κ2) is 4.31. The number of phenolic OH excluding ortho intramolecular Hbond substituents is 1. The molecule has 1 aliphatic carbocycles. The summed E-state index contributed by atoms with van der Waals surface area (Å²) >= 11 is 5.84. The van der Waals surface area contributed by atoms with Gasteiger partial charge in [-0.2, -0.15) is 0 Å². The third-order valence-corrected chi connectivity index (χ3v) is 2.97. The number of benzene rings is 1. The molecule has 0 heterocycles. The highest BCUT2D eigenvalue weighted by Gasteiger charge is 2.29. The number of hydrogen-bond donors (Lipinski definition) is 3. The summed E-state index contributed by atoms with van der Waals surface area (Å²) in [4.78, 5) is 11.7. The summed E-state index contributed by atoms with van der Waals surface area (Å²) in [5.41, 5.74) is 0.253. The zero-order valence-corrected chi connectivity index (χ0v) is 9.24. The van der Waals surface area contributed by atoms with E-state index >= 15 is 0 Å². The van der Waals surface area contributed by atoms with Gasteiger partial charge in [-0.3, -0.25) is 4.79 Å². The van der Waals surface area contributed by atoms with Crippen LogP contribution >= 0.6 is 11.6 Å². The van der Waals surface area contributed by atoms with Gasteiger partial charge < -0.3 is 15.5 Å². The number of aliphatic hydroxyl groups is 1. The van der Waals surface area contributed by atoms with Gasteiger partial charge in [0.1, 0.15) is 5.75 Å². The molecule has 86 valence electrons. The lowest BCUT2D eigenvalue weighted by Gasteiger charge is -2.32. The van der Waals surface area contributed by atoms with Crippen LogP contribution in [0, 0.1) is 0 Å². The minimum Gasteiger partial charge on any atom is -0.508 e. The molecule has 0 saturated heterocycles. The average molecular weight is 242 g/mol. The smallest absolute Gasteiger partial charge is 0.253 e. The average Bonchev–Trinajstić information content (AvgIpc) is 2.19. The quantitative estimate of drug-likeness (QED) is 0.731. The van der Waals surface area contributed by atoms with Crippen LogP contribution in [0.25, 0.3) is 0 Å². The van der Waals surface area contributed by atoms with E-state index in [1.54, 1.807) is 0 Å². The minimum absolute atomic E-state index is 0.000848. The van der Waals surface area contributed by atoms with E-state index < -0.39 is 0 Å². The summed E-state index contributed by atoms with van der Waals surface area (Å²) in [6, 6.07) is 4.22. The van der Waals surface area contributed by atoms with Gasteiger partial charge in [-0.15, -0.1) is 0 Å². The second-order valence-electron chi connectivity index (χ2n) is 3.96. The van der Waals surface area contributed by atoms with Crippen molar-refractivity contribution in [3.63, 3.8) is 0 Å². The summed E-state index contributed by atoms with van der Waals surface area (Å²) in [7, 11) is 0. The van der Waals surface area contributed by atoms with Crippen LogP contribution in [0.2, 0.25) is 5.02 Å². The molecule has 5 heteroatoms. The van der Waals surface area contributed by atoms with Crippen LogP contribution in [0.15, 0.2) is 18.2 Å². The van der Waals surface area contributed by atoms with Crippen molar-refractivity contribution in [1.29, 1.82) is 0 Å². The van der Waals surface area contributed by atoms with E-state index in [9.17, 15) is 9.90 Å². The molecule has 0 aliphatic heterocycles. The van der Waals surface area contributed by atoms with Gasteiger partial charge in [0.2, 0.25) is 0 Å². The Labute approximate surface area is 97.9 Å². The van der Waals surface area contributed by atoms with Crippen LogP contribution in [-0.4, -0.2) is 28.3 Å².